The molecule has 1 heterocycles. The maximum absolute atomic E-state index is 9.60. The second-order valence-corrected chi connectivity index (χ2v) is 5.03. The third kappa shape index (κ3) is 20.1. The van der Waals surface area contributed by atoms with Gasteiger partial charge in [-0.3, -0.25) is 0 Å². The van der Waals surface area contributed by atoms with E-state index in [2.05, 4.69) is 17.0 Å². The molecule has 3 N–H and O–H groups in total. The van der Waals surface area contributed by atoms with Crippen LogP contribution in [-0.2, 0) is 14.0 Å². The third-order valence-electron chi connectivity index (χ3n) is 1.73. The minimum atomic E-state index is -0.935. The number of carbonyl (C=O) groups is 2. The van der Waals surface area contributed by atoms with Crippen LogP contribution >= 0.6 is 0 Å². The van der Waals surface area contributed by atoms with Gasteiger partial charge in [0.05, 0.1) is 6.61 Å². The van der Waals surface area contributed by atoms with E-state index in [1.54, 1.807) is 6.92 Å². The fraction of sp³-hybridized carbons (Fsp3) is 0.636. The van der Waals surface area contributed by atoms with Crippen LogP contribution < -0.4 is 5.73 Å². The van der Waals surface area contributed by atoms with Crippen molar-refractivity contribution in [3.8, 4) is 0 Å². The van der Waals surface area contributed by atoms with Crippen LogP contribution in [0.4, 0.5) is 4.79 Å². The maximum Gasteiger partial charge on any atom is 0.404 e. The Morgan fingerprint density at radius 3 is 2.11 bits per heavy atom. The summed E-state index contributed by atoms with van der Waals surface area (Å²) in [7, 11) is 0.00849. The number of rotatable bonds is 2. The lowest BCUT2D eigenvalue weighted by Gasteiger charge is -2.07. The van der Waals surface area contributed by atoms with Gasteiger partial charge >= 0.3 is 12.1 Å². The summed E-state index contributed by atoms with van der Waals surface area (Å²) in [6.07, 6.45) is 2.04. The van der Waals surface area contributed by atoms with Crippen LogP contribution in [0, 0.1) is 0 Å². The summed E-state index contributed by atoms with van der Waals surface area (Å²) in [4.78, 5) is 19.2. The van der Waals surface area contributed by atoms with E-state index < -0.39 is 12.1 Å². The van der Waals surface area contributed by atoms with Gasteiger partial charge in [-0.25, -0.2) is 9.59 Å². The Morgan fingerprint density at radius 2 is 2.06 bits per heavy atom. The SMILES string of the molecule is C1CC[SiH2]OC1.C=C(C)C(=O)O.CCOC(N)=O. The van der Waals surface area contributed by atoms with Crippen LogP contribution in [0.25, 0.3) is 0 Å². The van der Waals surface area contributed by atoms with Gasteiger partial charge in [0.25, 0.3) is 0 Å². The van der Waals surface area contributed by atoms with Crippen molar-refractivity contribution in [3.63, 3.8) is 0 Å². The Kier molecular flexibility index (Phi) is 14.5. The van der Waals surface area contributed by atoms with Gasteiger partial charge in [0.1, 0.15) is 0 Å². The van der Waals surface area contributed by atoms with Crippen LogP contribution in [-0.4, -0.2) is 40.1 Å². The average molecular weight is 277 g/mol. The topological polar surface area (TPSA) is 98.8 Å². The molecule has 1 aliphatic heterocycles. The zero-order valence-corrected chi connectivity index (χ0v) is 12.5. The van der Waals surface area contributed by atoms with Gasteiger partial charge in [-0.15, -0.1) is 0 Å². The van der Waals surface area contributed by atoms with Gasteiger partial charge < -0.3 is 20.0 Å². The number of carboxylic acid groups (broad SMARTS) is 1. The number of ether oxygens (including phenoxy) is 1. The lowest BCUT2D eigenvalue weighted by atomic mass is 10.4. The number of amides is 1. The van der Waals surface area contributed by atoms with Crippen molar-refractivity contribution in [2.24, 2.45) is 5.73 Å². The molecule has 0 spiro atoms. The van der Waals surface area contributed by atoms with Crippen molar-refractivity contribution < 1.29 is 23.9 Å². The van der Waals surface area contributed by atoms with E-state index in [1.165, 1.54) is 25.8 Å². The minimum absolute atomic E-state index is 0.00849. The molecule has 7 heteroatoms. The van der Waals surface area contributed by atoms with Crippen LogP contribution in [0.15, 0.2) is 12.2 Å². The molecule has 0 aromatic heterocycles. The van der Waals surface area contributed by atoms with Gasteiger partial charge in [0, 0.05) is 12.2 Å². The highest BCUT2D eigenvalue weighted by Gasteiger charge is 1.96. The molecule has 1 saturated heterocycles. The molecular weight excluding hydrogens is 254 g/mol. The summed E-state index contributed by atoms with van der Waals surface area (Å²) in [5.41, 5.74) is 4.72. The molecule has 1 rings (SSSR count). The lowest BCUT2D eigenvalue weighted by molar-refractivity contribution is -0.132. The second kappa shape index (κ2) is 13.7. The number of hydrogen-bond acceptors (Lipinski definition) is 4. The Balaban J connectivity index is 0. The average Bonchev–Trinajstić information content (AvgIpc) is 2.32. The minimum Gasteiger partial charge on any atom is -0.478 e. The van der Waals surface area contributed by atoms with Crippen molar-refractivity contribution in [2.75, 3.05) is 13.2 Å². The van der Waals surface area contributed by atoms with Gasteiger partial charge in [-0.2, -0.15) is 0 Å². The predicted octanol–water partition coefficient (Wildman–Crippen LogP) is 1.05. The molecule has 1 fully saturated rings. The molecule has 1 aliphatic rings. The molecule has 0 bridgehead atoms. The Hall–Kier alpha value is -1.34. The number of primary amides is 1. The maximum atomic E-state index is 9.60. The van der Waals surface area contributed by atoms with E-state index in [4.69, 9.17) is 9.53 Å². The Bertz CT molecular complexity index is 230. The zero-order chi connectivity index (χ0) is 14.4. The first-order chi connectivity index (χ1) is 8.41. The van der Waals surface area contributed by atoms with Crippen molar-refractivity contribution in [1.82, 2.24) is 0 Å². The van der Waals surface area contributed by atoms with Gasteiger partial charge in [0.15, 0.2) is 9.76 Å². The first-order valence-corrected chi connectivity index (χ1v) is 7.38. The Morgan fingerprint density at radius 1 is 1.50 bits per heavy atom. The smallest absolute Gasteiger partial charge is 0.404 e. The fourth-order valence-corrected chi connectivity index (χ4v) is 2.00. The molecule has 1 amide bonds. The molecular formula is C11H23NO5Si. The number of nitrogens with two attached hydrogens (primary N) is 1. The molecule has 18 heavy (non-hydrogen) atoms. The van der Waals surface area contributed by atoms with E-state index in [-0.39, 0.29) is 15.3 Å². The number of aliphatic carboxylic acids is 1. The molecule has 0 aliphatic carbocycles. The molecule has 0 atom stereocenters. The molecule has 0 saturated carbocycles. The first-order valence-electron chi connectivity index (χ1n) is 5.80. The highest BCUT2D eigenvalue weighted by atomic mass is 28.2. The molecule has 0 aromatic rings. The normalized spacial score (nSPS) is 14.3. The van der Waals surface area contributed by atoms with E-state index in [0.29, 0.717) is 6.61 Å². The standard InChI is InChI=1S/C4H6O2.C4H10OSi.C3H7NO2/c1-3(2)4(5)6;1-2-4-6-5-3-1;1-2-6-3(4)5/h1H2,2H3,(H,5,6);1-4,6H2;2H2,1H3,(H2,4,5). The molecule has 6 nitrogen and oxygen atoms in total. The van der Waals surface area contributed by atoms with Crippen molar-refractivity contribution >= 4 is 21.8 Å². The molecule has 0 radical (unpaired) electrons. The van der Waals surface area contributed by atoms with E-state index >= 15 is 0 Å². The molecule has 0 unspecified atom stereocenters. The van der Waals surface area contributed by atoms with E-state index in [9.17, 15) is 9.59 Å². The van der Waals surface area contributed by atoms with Crippen LogP contribution in [0.2, 0.25) is 6.04 Å². The highest BCUT2D eigenvalue weighted by molar-refractivity contribution is 6.27. The first kappa shape index (κ1) is 19.0. The predicted molar refractivity (Wildman–Crippen MR) is 72.2 cm³/mol. The summed E-state index contributed by atoms with van der Waals surface area (Å²) in [5, 5.41) is 7.89. The zero-order valence-electron chi connectivity index (χ0n) is 11.1. The highest BCUT2D eigenvalue weighted by Crippen LogP contribution is 2.01. The number of carbonyl (C=O) groups excluding carboxylic acids is 1. The quantitative estimate of drug-likeness (QED) is 0.580. The van der Waals surface area contributed by atoms with Crippen LogP contribution in [0.1, 0.15) is 26.7 Å². The number of hydrogen-bond donors (Lipinski definition) is 2. The van der Waals surface area contributed by atoms with Gasteiger partial charge in [-0.05, 0) is 26.3 Å². The van der Waals surface area contributed by atoms with Crippen molar-refractivity contribution in [2.45, 2.75) is 32.7 Å². The lowest BCUT2D eigenvalue weighted by Crippen LogP contribution is -2.11. The summed E-state index contributed by atoms with van der Waals surface area (Å²) < 4.78 is 9.39. The van der Waals surface area contributed by atoms with E-state index in [1.807, 2.05) is 0 Å². The van der Waals surface area contributed by atoms with Crippen molar-refractivity contribution in [3.05, 3.63) is 12.2 Å². The fourth-order valence-electron chi connectivity index (χ4n) is 0.829. The molecule has 106 valence electrons. The van der Waals surface area contributed by atoms with E-state index in [0.717, 1.165) is 6.61 Å². The third-order valence-corrected chi connectivity index (χ3v) is 3.10. The summed E-state index contributed by atoms with van der Waals surface area (Å²) in [6.45, 7) is 7.72. The largest absolute Gasteiger partial charge is 0.478 e. The van der Waals surface area contributed by atoms with Crippen LogP contribution in [0.5, 0.6) is 0 Å². The Labute approximate surface area is 110 Å². The van der Waals surface area contributed by atoms with Crippen molar-refractivity contribution in [1.29, 1.82) is 0 Å². The summed E-state index contributed by atoms with van der Waals surface area (Å²) in [6, 6.07) is 1.42. The molecule has 0 aromatic carbocycles. The summed E-state index contributed by atoms with van der Waals surface area (Å²) >= 11 is 0. The van der Waals surface area contributed by atoms with Gasteiger partial charge in [-0.1, -0.05) is 13.0 Å². The monoisotopic (exact) mass is 277 g/mol. The van der Waals surface area contributed by atoms with Crippen LogP contribution in [0.3, 0.4) is 0 Å². The summed E-state index contributed by atoms with van der Waals surface area (Å²) in [5.74, 6) is -0.935. The second-order valence-electron chi connectivity index (χ2n) is 3.51. The number of carboxylic acids is 1. The van der Waals surface area contributed by atoms with Gasteiger partial charge in [0.2, 0.25) is 0 Å².